The minimum absolute atomic E-state index is 0.137. The maximum Gasteiger partial charge on any atom is 0.285 e. The average molecular weight is 280 g/mol. The third-order valence-electron chi connectivity index (χ3n) is 3.69. The second-order valence-corrected chi connectivity index (χ2v) is 6.60. The van der Waals surface area contributed by atoms with E-state index in [9.17, 15) is 13.5 Å². The predicted molar refractivity (Wildman–Crippen MR) is 71.5 cm³/mol. The van der Waals surface area contributed by atoms with Crippen molar-refractivity contribution in [2.45, 2.75) is 17.7 Å². The summed E-state index contributed by atoms with van der Waals surface area (Å²) in [6.07, 6.45) is 1.93. The lowest BCUT2D eigenvalue weighted by Crippen LogP contribution is -2.40. The van der Waals surface area contributed by atoms with E-state index >= 15 is 0 Å². The van der Waals surface area contributed by atoms with Crippen LogP contribution in [-0.4, -0.2) is 44.0 Å². The number of nitrogens with zero attached hydrogens (tertiary/aromatic N) is 2. The van der Waals surface area contributed by atoms with Gasteiger partial charge in [0.1, 0.15) is 4.90 Å². The Morgan fingerprint density at radius 2 is 2.16 bits per heavy atom. The molecule has 0 saturated carbocycles. The standard InChI is InChI=1S/C13H16N2O3S/c16-9-10-4-3-7-15(8-10)13-11-5-1-2-6-12(11)19(17,18)14-13/h1-2,5-6,10,16H,3-4,7-9H2/t10-/m1/s1. The molecule has 0 spiro atoms. The number of benzene rings is 1. The third kappa shape index (κ3) is 2.15. The molecule has 0 radical (unpaired) electrons. The van der Waals surface area contributed by atoms with Crippen LogP contribution in [-0.2, 0) is 10.0 Å². The second-order valence-electron chi connectivity index (χ2n) is 5.02. The van der Waals surface area contributed by atoms with Crippen molar-refractivity contribution >= 4 is 15.9 Å². The van der Waals surface area contributed by atoms with Crippen LogP contribution in [0.4, 0.5) is 0 Å². The van der Waals surface area contributed by atoms with Crippen LogP contribution in [0.3, 0.4) is 0 Å². The highest BCUT2D eigenvalue weighted by molar-refractivity contribution is 7.90. The molecule has 1 fully saturated rings. The molecule has 0 unspecified atom stereocenters. The molecule has 1 N–H and O–H groups in total. The number of amidine groups is 1. The van der Waals surface area contributed by atoms with Crippen molar-refractivity contribution in [3.8, 4) is 0 Å². The molecule has 2 heterocycles. The van der Waals surface area contributed by atoms with Crippen LogP contribution < -0.4 is 0 Å². The molecule has 2 aliphatic heterocycles. The third-order valence-corrected chi connectivity index (χ3v) is 5.01. The van der Waals surface area contributed by atoms with Crippen LogP contribution in [0.25, 0.3) is 0 Å². The van der Waals surface area contributed by atoms with E-state index in [-0.39, 0.29) is 17.4 Å². The Morgan fingerprint density at radius 3 is 2.95 bits per heavy atom. The lowest BCUT2D eigenvalue weighted by molar-refractivity contribution is 0.161. The van der Waals surface area contributed by atoms with Crippen LogP contribution in [0.1, 0.15) is 18.4 Å². The first kappa shape index (κ1) is 12.6. The molecule has 0 aromatic heterocycles. The van der Waals surface area contributed by atoms with Crippen LogP contribution in [0.5, 0.6) is 0 Å². The number of rotatable bonds is 1. The van der Waals surface area contributed by atoms with E-state index in [0.717, 1.165) is 19.4 Å². The van der Waals surface area contributed by atoms with Gasteiger partial charge in [-0.2, -0.15) is 8.42 Å². The zero-order valence-corrected chi connectivity index (χ0v) is 11.3. The van der Waals surface area contributed by atoms with E-state index in [1.54, 1.807) is 18.2 Å². The minimum atomic E-state index is -3.54. The SMILES string of the molecule is O=S1(=O)N=C(N2CCC[C@@H](CO)C2)c2ccccc21. The van der Waals surface area contributed by atoms with Crippen molar-refractivity contribution in [2.24, 2.45) is 10.3 Å². The van der Waals surface area contributed by atoms with Gasteiger partial charge in [0.2, 0.25) is 0 Å². The Labute approximate surface area is 112 Å². The molecule has 6 heteroatoms. The summed E-state index contributed by atoms with van der Waals surface area (Å²) < 4.78 is 27.9. The molecule has 1 saturated heterocycles. The highest BCUT2D eigenvalue weighted by Crippen LogP contribution is 2.29. The van der Waals surface area contributed by atoms with E-state index in [1.165, 1.54) is 0 Å². The molecule has 0 aliphatic carbocycles. The van der Waals surface area contributed by atoms with Gasteiger partial charge in [0.15, 0.2) is 5.84 Å². The van der Waals surface area contributed by atoms with Gasteiger partial charge in [-0.1, -0.05) is 12.1 Å². The maximum absolute atomic E-state index is 12.0. The fraction of sp³-hybridized carbons (Fsp3) is 0.462. The number of likely N-dealkylation sites (tertiary alicyclic amines) is 1. The molecular weight excluding hydrogens is 264 g/mol. The quantitative estimate of drug-likeness (QED) is 0.827. The van der Waals surface area contributed by atoms with Gasteiger partial charge in [0, 0.05) is 25.3 Å². The molecule has 1 atom stereocenters. The van der Waals surface area contributed by atoms with Crippen molar-refractivity contribution in [1.29, 1.82) is 0 Å². The summed E-state index contributed by atoms with van der Waals surface area (Å²) in [6, 6.07) is 6.92. The first-order valence-corrected chi connectivity index (χ1v) is 7.86. The zero-order valence-electron chi connectivity index (χ0n) is 10.5. The van der Waals surface area contributed by atoms with Crippen molar-refractivity contribution < 1.29 is 13.5 Å². The summed E-state index contributed by atoms with van der Waals surface area (Å²) in [5, 5.41) is 9.26. The fourth-order valence-electron chi connectivity index (χ4n) is 2.72. The first-order valence-electron chi connectivity index (χ1n) is 6.42. The Kier molecular flexibility index (Phi) is 3.06. The molecule has 0 bridgehead atoms. The number of fused-ring (bicyclic) bond motifs is 1. The Balaban J connectivity index is 1.98. The summed E-state index contributed by atoms with van der Waals surface area (Å²) >= 11 is 0. The molecule has 2 aliphatic rings. The lowest BCUT2D eigenvalue weighted by atomic mass is 9.98. The first-order chi connectivity index (χ1) is 9.12. The Hall–Kier alpha value is -1.40. The number of hydrogen-bond donors (Lipinski definition) is 1. The number of aliphatic hydroxyl groups excluding tert-OH is 1. The van der Waals surface area contributed by atoms with E-state index in [4.69, 9.17) is 0 Å². The topological polar surface area (TPSA) is 70.0 Å². The largest absolute Gasteiger partial charge is 0.396 e. The van der Waals surface area contributed by atoms with Gasteiger partial charge in [-0.3, -0.25) is 0 Å². The number of piperidine rings is 1. The van der Waals surface area contributed by atoms with Crippen molar-refractivity contribution in [1.82, 2.24) is 4.90 Å². The van der Waals surface area contributed by atoms with E-state index < -0.39 is 10.0 Å². The predicted octanol–water partition coefficient (Wildman–Crippen LogP) is 0.840. The lowest BCUT2D eigenvalue weighted by Gasteiger charge is -2.33. The van der Waals surface area contributed by atoms with Gasteiger partial charge in [0.25, 0.3) is 10.0 Å². The highest BCUT2D eigenvalue weighted by Gasteiger charge is 2.33. The summed E-state index contributed by atoms with van der Waals surface area (Å²) in [5.41, 5.74) is 0.682. The molecule has 19 heavy (non-hydrogen) atoms. The molecule has 102 valence electrons. The molecule has 5 nitrogen and oxygen atoms in total. The zero-order chi connectivity index (χ0) is 13.5. The van der Waals surface area contributed by atoms with Crippen molar-refractivity contribution in [2.75, 3.05) is 19.7 Å². The van der Waals surface area contributed by atoms with Crippen molar-refractivity contribution in [3.63, 3.8) is 0 Å². The summed E-state index contributed by atoms with van der Waals surface area (Å²) in [7, 11) is -3.54. The van der Waals surface area contributed by atoms with Gasteiger partial charge in [0.05, 0.1) is 0 Å². The Bertz CT molecular complexity index is 625. The van der Waals surface area contributed by atoms with Crippen molar-refractivity contribution in [3.05, 3.63) is 29.8 Å². The minimum Gasteiger partial charge on any atom is -0.396 e. The van der Waals surface area contributed by atoms with Crippen LogP contribution in [0, 0.1) is 5.92 Å². The van der Waals surface area contributed by atoms with Gasteiger partial charge in [-0.15, -0.1) is 4.40 Å². The summed E-state index contributed by atoms with van der Waals surface area (Å²) in [5.74, 6) is 0.737. The Morgan fingerprint density at radius 1 is 1.37 bits per heavy atom. The molecular formula is C13H16N2O3S. The molecule has 3 rings (SSSR count). The van der Waals surface area contributed by atoms with Gasteiger partial charge in [-0.25, -0.2) is 0 Å². The van der Waals surface area contributed by atoms with Crippen LogP contribution in [0.15, 0.2) is 33.6 Å². The number of hydrogen-bond acceptors (Lipinski definition) is 4. The van der Waals surface area contributed by atoms with E-state index in [0.29, 0.717) is 17.9 Å². The smallest absolute Gasteiger partial charge is 0.285 e. The second kappa shape index (κ2) is 4.61. The van der Waals surface area contributed by atoms with Gasteiger partial charge < -0.3 is 10.0 Å². The normalized spacial score (nSPS) is 25.0. The molecule has 1 aromatic rings. The van der Waals surface area contributed by atoms with E-state index in [2.05, 4.69) is 4.40 Å². The van der Waals surface area contributed by atoms with Gasteiger partial charge >= 0.3 is 0 Å². The van der Waals surface area contributed by atoms with Gasteiger partial charge in [-0.05, 0) is 30.9 Å². The van der Waals surface area contributed by atoms with Crippen LogP contribution >= 0.6 is 0 Å². The van der Waals surface area contributed by atoms with Crippen LogP contribution in [0.2, 0.25) is 0 Å². The average Bonchev–Trinajstić information content (AvgIpc) is 2.72. The summed E-state index contributed by atoms with van der Waals surface area (Å²) in [4.78, 5) is 2.27. The maximum atomic E-state index is 12.0. The van der Waals surface area contributed by atoms with E-state index in [1.807, 2.05) is 11.0 Å². The fourth-order valence-corrected chi connectivity index (χ4v) is 3.95. The number of aliphatic hydroxyl groups is 1. The molecule has 0 amide bonds. The summed E-state index contributed by atoms with van der Waals surface area (Å²) in [6.45, 7) is 1.59. The number of sulfonamides is 1. The highest BCUT2D eigenvalue weighted by atomic mass is 32.2. The molecule has 1 aromatic carbocycles. The monoisotopic (exact) mass is 280 g/mol.